The van der Waals surface area contributed by atoms with Crippen molar-refractivity contribution in [2.24, 2.45) is 5.92 Å². The van der Waals surface area contributed by atoms with Gasteiger partial charge in [-0.1, -0.05) is 24.6 Å². The van der Waals surface area contributed by atoms with E-state index in [4.69, 9.17) is 21.4 Å². The maximum atomic E-state index is 14.0. The molecule has 11 heteroatoms. The molecule has 2 aromatic carbocycles. The lowest BCUT2D eigenvalue weighted by Crippen LogP contribution is -2.44. The molecule has 0 spiro atoms. The number of ketones is 1. The van der Waals surface area contributed by atoms with E-state index in [-0.39, 0.29) is 18.9 Å². The van der Waals surface area contributed by atoms with Crippen LogP contribution in [0.25, 0.3) is 0 Å². The molecule has 4 N–H and O–H groups in total. The molecule has 2 rings (SSSR count). The first kappa shape index (κ1) is 28.6. The highest BCUT2D eigenvalue weighted by atomic mass is 35.5. The summed E-state index contributed by atoms with van der Waals surface area (Å²) in [6, 6.07) is 7.44. The van der Waals surface area contributed by atoms with Gasteiger partial charge in [0.2, 0.25) is 5.91 Å². The van der Waals surface area contributed by atoms with Gasteiger partial charge < -0.3 is 25.8 Å². The predicted octanol–water partition coefficient (Wildman–Crippen LogP) is 3.50. The van der Waals surface area contributed by atoms with Crippen LogP contribution in [-0.2, 0) is 16.0 Å². The Kier molecular flexibility index (Phi) is 10.7. The molecule has 194 valence electrons. The number of halogens is 2. The van der Waals surface area contributed by atoms with Gasteiger partial charge in [0, 0.05) is 17.5 Å². The summed E-state index contributed by atoms with van der Waals surface area (Å²) in [4.78, 5) is 47.6. The second-order valence-electron chi connectivity index (χ2n) is 8.10. The standard InChI is InChI=1S/C25H29ClFN3O6/c1-4-21(15-5-7-19(24(33)34)20(27)11-15)30-25(35)29-13-23(32)28-12-17(14(2)31)9-16-10-18(26)6-8-22(16)36-3/h5-8,10-11,17,21H,4,9,12-13H2,1-3H3,(H,28,32)(H,33,34)(H2,29,30,35)/t17-,21+/m0/s1. The lowest BCUT2D eigenvalue weighted by atomic mass is 9.95. The van der Waals surface area contributed by atoms with Gasteiger partial charge in [-0.2, -0.15) is 0 Å². The Bertz CT molecular complexity index is 1130. The number of methoxy groups -OCH3 is 1. The van der Waals surface area contributed by atoms with Gasteiger partial charge in [-0.05, 0) is 61.2 Å². The van der Waals surface area contributed by atoms with Crippen molar-refractivity contribution in [3.63, 3.8) is 0 Å². The summed E-state index contributed by atoms with van der Waals surface area (Å²) in [5.74, 6) is -2.87. The molecule has 0 aliphatic carbocycles. The van der Waals surface area contributed by atoms with Gasteiger partial charge >= 0.3 is 12.0 Å². The number of benzene rings is 2. The van der Waals surface area contributed by atoms with E-state index in [0.717, 1.165) is 17.7 Å². The Morgan fingerprint density at radius 3 is 2.42 bits per heavy atom. The number of hydrogen-bond donors (Lipinski definition) is 4. The number of ether oxygens (including phenoxy) is 1. The number of carboxylic acids is 1. The molecular formula is C25H29ClFN3O6. The summed E-state index contributed by atoms with van der Waals surface area (Å²) in [6.45, 7) is 2.90. The van der Waals surface area contributed by atoms with E-state index in [0.29, 0.717) is 29.2 Å². The highest BCUT2D eigenvalue weighted by molar-refractivity contribution is 6.30. The van der Waals surface area contributed by atoms with Gasteiger partial charge in [0.1, 0.15) is 17.3 Å². The quantitative estimate of drug-likeness (QED) is 0.338. The van der Waals surface area contributed by atoms with Crippen molar-refractivity contribution in [3.05, 3.63) is 63.9 Å². The van der Waals surface area contributed by atoms with Gasteiger partial charge in [-0.15, -0.1) is 0 Å². The molecule has 0 unspecified atom stereocenters. The topological polar surface area (TPSA) is 134 Å². The van der Waals surface area contributed by atoms with Crippen LogP contribution < -0.4 is 20.7 Å². The van der Waals surface area contributed by atoms with E-state index in [9.17, 15) is 23.6 Å². The zero-order valence-electron chi connectivity index (χ0n) is 20.2. The number of nitrogens with one attached hydrogen (secondary N) is 3. The Morgan fingerprint density at radius 1 is 1.11 bits per heavy atom. The number of hydrogen-bond acceptors (Lipinski definition) is 5. The van der Waals surface area contributed by atoms with Gasteiger partial charge in [-0.3, -0.25) is 9.59 Å². The van der Waals surface area contributed by atoms with Crippen LogP contribution in [0.15, 0.2) is 36.4 Å². The monoisotopic (exact) mass is 521 g/mol. The number of amides is 3. The van der Waals surface area contributed by atoms with Crippen molar-refractivity contribution >= 4 is 35.3 Å². The van der Waals surface area contributed by atoms with Gasteiger partial charge in [0.05, 0.1) is 25.3 Å². The predicted molar refractivity (Wildman–Crippen MR) is 132 cm³/mol. The van der Waals surface area contributed by atoms with E-state index < -0.39 is 41.2 Å². The summed E-state index contributed by atoms with van der Waals surface area (Å²) < 4.78 is 19.3. The number of carbonyl (C=O) groups excluding carboxylic acids is 3. The third-order valence-electron chi connectivity index (χ3n) is 5.58. The molecular weight excluding hydrogens is 493 g/mol. The molecule has 0 saturated heterocycles. The summed E-state index contributed by atoms with van der Waals surface area (Å²) in [5.41, 5.74) is 0.656. The number of carboxylic acid groups (broad SMARTS) is 1. The van der Waals surface area contributed by atoms with E-state index in [1.54, 1.807) is 25.1 Å². The largest absolute Gasteiger partial charge is 0.496 e. The summed E-state index contributed by atoms with van der Waals surface area (Å²) in [7, 11) is 1.51. The van der Waals surface area contributed by atoms with Crippen LogP contribution in [-0.4, -0.2) is 49.0 Å². The fraction of sp³-hybridized carbons (Fsp3) is 0.360. The Balaban J connectivity index is 1.89. The molecule has 0 aliphatic rings. The van der Waals surface area contributed by atoms with Crippen LogP contribution in [0.4, 0.5) is 9.18 Å². The molecule has 2 atom stereocenters. The maximum Gasteiger partial charge on any atom is 0.338 e. The Labute approximate surface area is 213 Å². The molecule has 0 saturated carbocycles. The van der Waals surface area contributed by atoms with Crippen molar-refractivity contribution < 1.29 is 33.4 Å². The van der Waals surface area contributed by atoms with Gasteiger partial charge in [-0.25, -0.2) is 14.0 Å². The van der Waals surface area contributed by atoms with Crippen molar-refractivity contribution in [1.29, 1.82) is 0 Å². The van der Waals surface area contributed by atoms with Crippen molar-refractivity contribution in [2.45, 2.75) is 32.7 Å². The van der Waals surface area contributed by atoms with E-state index >= 15 is 0 Å². The third kappa shape index (κ3) is 8.23. The first-order valence-corrected chi connectivity index (χ1v) is 11.6. The average Bonchev–Trinajstić information content (AvgIpc) is 2.83. The van der Waals surface area contributed by atoms with Crippen LogP contribution in [0.3, 0.4) is 0 Å². The Hall–Kier alpha value is -3.66. The minimum absolute atomic E-state index is 0.0555. The lowest BCUT2D eigenvalue weighted by molar-refractivity contribution is -0.122. The zero-order chi connectivity index (χ0) is 26.8. The summed E-state index contributed by atoms with van der Waals surface area (Å²) >= 11 is 6.05. The van der Waals surface area contributed by atoms with E-state index in [1.165, 1.54) is 20.1 Å². The smallest absolute Gasteiger partial charge is 0.338 e. The molecule has 2 aromatic rings. The maximum absolute atomic E-state index is 14.0. The third-order valence-corrected chi connectivity index (χ3v) is 5.81. The molecule has 0 fully saturated rings. The summed E-state index contributed by atoms with van der Waals surface area (Å²) in [6.07, 6.45) is 0.710. The van der Waals surface area contributed by atoms with E-state index in [1.807, 2.05) is 0 Å². The highest BCUT2D eigenvalue weighted by Gasteiger charge is 2.20. The number of aromatic carboxylic acids is 1. The van der Waals surface area contributed by atoms with Crippen LogP contribution in [0.1, 0.15) is 47.8 Å². The fourth-order valence-corrected chi connectivity index (χ4v) is 3.74. The van der Waals surface area contributed by atoms with Crippen molar-refractivity contribution in [1.82, 2.24) is 16.0 Å². The van der Waals surface area contributed by atoms with Gasteiger partial charge in [0.25, 0.3) is 0 Å². The number of urea groups is 1. The Morgan fingerprint density at radius 2 is 1.83 bits per heavy atom. The van der Waals surface area contributed by atoms with E-state index in [2.05, 4.69) is 16.0 Å². The fourth-order valence-electron chi connectivity index (χ4n) is 3.54. The zero-order valence-corrected chi connectivity index (χ0v) is 20.9. The van der Waals surface area contributed by atoms with Crippen LogP contribution in [0.2, 0.25) is 5.02 Å². The molecule has 0 aliphatic heterocycles. The normalized spacial score (nSPS) is 12.2. The lowest BCUT2D eigenvalue weighted by Gasteiger charge is -2.19. The number of carbonyl (C=O) groups is 4. The second-order valence-corrected chi connectivity index (χ2v) is 8.54. The molecule has 36 heavy (non-hydrogen) atoms. The molecule has 0 radical (unpaired) electrons. The molecule has 0 aromatic heterocycles. The molecule has 0 heterocycles. The molecule has 9 nitrogen and oxygen atoms in total. The SMILES string of the molecule is CC[C@@H](NC(=O)NCC(=O)NC[C@H](Cc1cc(Cl)ccc1OC)C(C)=O)c1ccc(C(=O)O)c(F)c1. The average molecular weight is 522 g/mol. The van der Waals surface area contributed by atoms with Crippen LogP contribution in [0.5, 0.6) is 5.75 Å². The minimum atomic E-state index is -1.39. The summed E-state index contributed by atoms with van der Waals surface area (Å²) in [5, 5.41) is 17.1. The van der Waals surface area contributed by atoms with Crippen LogP contribution >= 0.6 is 11.6 Å². The number of rotatable bonds is 12. The van der Waals surface area contributed by atoms with Crippen molar-refractivity contribution in [3.8, 4) is 5.75 Å². The highest BCUT2D eigenvalue weighted by Crippen LogP contribution is 2.25. The van der Waals surface area contributed by atoms with Crippen LogP contribution in [0, 0.1) is 11.7 Å². The molecule has 0 bridgehead atoms. The number of Topliss-reactive ketones (excluding diaryl/α,β-unsaturated/α-hetero) is 1. The first-order chi connectivity index (χ1) is 17.0. The van der Waals surface area contributed by atoms with Crippen molar-refractivity contribution in [2.75, 3.05) is 20.2 Å². The first-order valence-electron chi connectivity index (χ1n) is 11.2. The molecule has 3 amide bonds. The second kappa shape index (κ2) is 13.4. The minimum Gasteiger partial charge on any atom is -0.496 e. The van der Waals surface area contributed by atoms with Gasteiger partial charge in [0.15, 0.2) is 0 Å².